The van der Waals surface area contributed by atoms with Crippen molar-refractivity contribution in [3.8, 4) is 11.3 Å². The number of pyridine rings is 3. The van der Waals surface area contributed by atoms with E-state index in [1.807, 2.05) is 36.4 Å². The maximum atomic E-state index is 13.0. The zero-order valence-corrected chi connectivity index (χ0v) is 22.9. The standard InChI is InChI=1S/C32H32N8O/c1-19-7-8-23(37-32(41)21-5-3-2-4-6-21)18-22(17-19)25-10-9-24(33)29(38-25)27(34)31-39-26-13-16-36-28(30(26)40-31)20-11-14-35-15-12-20/h7-19,21,34H,2-6,33H2,1H3,(H,37,41)(H,39,40)/t19-/m0/s1. The molecule has 0 bridgehead atoms. The first-order valence-corrected chi connectivity index (χ1v) is 14.0. The van der Waals surface area contributed by atoms with Crippen molar-refractivity contribution in [1.29, 1.82) is 5.41 Å². The molecule has 9 heteroatoms. The minimum atomic E-state index is 0.0611. The van der Waals surface area contributed by atoms with Crippen molar-refractivity contribution >= 4 is 33.9 Å². The first-order chi connectivity index (χ1) is 20.0. The summed E-state index contributed by atoms with van der Waals surface area (Å²) in [6.45, 7) is 2.08. The summed E-state index contributed by atoms with van der Waals surface area (Å²) in [5.41, 5.74) is 12.4. The Morgan fingerprint density at radius 1 is 1.05 bits per heavy atom. The van der Waals surface area contributed by atoms with Crippen molar-refractivity contribution < 1.29 is 4.79 Å². The highest BCUT2D eigenvalue weighted by atomic mass is 16.1. The highest BCUT2D eigenvalue weighted by Crippen LogP contribution is 2.28. The van der Waals surface area contributed by atoms with Crippen LogP contribution < -0.4 is 11.1 Å². The second-order valence-electron chi connectivity index (χ2n) is 10.7. The smallest absolute Gasteiger partial charge is 0.227 e. The summed E-state index contributed by atoms with van der Waals surface area (Å²) in [5, 5.41) is 12.1. The van der Waals surface area contributed by atoms with Crippen molar-refractivity contribution in [2.45, 2.75) is 39.0 Å². The molecular formula is C32H32N8O. The highest BCUT2D eigenvalue weighted by molar-refractivity contribution is 6.12. The molecule has 4 aromatic heterocycles. The Labute approximate surface area is 238 Å². The molecule has 9 nitrogen and oxygen atoms in total. The Kier molecular flexibility index (Phi) is 7.24. The number of carbonyl (C=O) groups excluding carboxylic acids is 1. The lowest BCUT2D eigenvalue weighted by molar-refractivity contribution is -0.125. The van der Waals surface area contributed by atoms with E-state index in [2.05, 4.69) is 39.3 Å². The number of nitrogens with two attached hydrogens (primary N) is 1. The molecule has 0 spiro atoms. The second kappa shape index (κ2) is 11.3. The van der Waals surface area contributed by atoms with Crippen LogP contribution in [0.25, 0.3) is 27.9 Å². The number of imidazole rings is 1. The number of nitrogens with zero attached hydrogens (tertiary/aromatic N) is 4. The minimum absolute atomic E-state index is 0.0611. The van der Waals surface area contributed by atoms with Gasteiger partial charge < -0.3 is 16.0 Å². The molecule has 0 aliphatic heterocycles. The van der Waals surface area contributed by atoms with Crippen LogP contribution in [0.15, 0.2) is 78.9 Å². The number of H-pyrrole nitrogens is 1. The number of hydrogen-bond donors (Lipinski definition) is 4. The molecule has 2 aliphatic rings. The summed E-state index contributed by atoms with van der Waals surface area (Å²) in [4.78, 5) is 34.3. The first kappa shape index (κ1) is 26.3. The largest absolute Gasteiger partial charge is 0.397 e. The van der Waals surface area contributed by atoms with E-state index in [1.54, 1.807) is 24.7 Å². The molecule has 206 valence electrons. The van der Waals surface area contributed by atoms with Gasteiger partial charge in [-0.15, -0.1) is 0 Å². The predicted octanol–water partition coefficient (Wildman–Crippen LogP) is 5.58. The van der Waals surface area contributed by atoms with Gasteiger partial charge in [0.2, 0.25) is 5.91 Å². The molecule has 41 heavy (non-hydrogen) atoms. The maximum absolute atomic E-state index is 13.0. The van der Waals surface area contributed by atoms with Crippen LogP contribution in [0.4, 0.5) is 5.69 Å². The number of fused-ring (bicyclic) bond motifs is 1. The van der Waals surface area contributed by atoms with Crippen molar-refractivity contribution in [3.63, 3.8) is 0 Å². The molecule has 6 rings (SSSR count). The number of amides is 1. The van der Waals surface area contributed by atoms with Crippen LogP contribution in [-0.4, -0.2) is 36.5 Å². The van der Waals surface area contributed by atoms with Crippen LogP contribution in [0, 0.1) is 17.2 Å². The molecular weight excluding hydrogens is 512 g/mol. The van der Waals surface area contributed by atoms with Crippen LogP contribution in [0.1, 0.15) is 56.2 Å². The van der Waals surface area contributed by atoms with Gasteiger partial charge in [-0.1, -0.05) is 38.3 Å². The van der Waals surface area contributed by atoms with Crippen molar-refractivity contribution in [1.82, 2.24) is 30.2 Å². The number of anilines is 1. The number of nitrogens with one attached hydrogen (secondary N) is 3. The van der Waals surface area contributed by atoms with Crippen LogP contribution >= 0.6 is 0 Å². The molecule has 4 heterocycles. The molecule has 1 saturated carbocycles. The van der Waals surface area contributed by atoms with Gasteiger partial charge in [-0.3, -0.25) is 20.2 Å². The van der Waals surface area contributed by atoms with Crippen LogP contribution in [0.2, 0.25) is 0 Å². The fourth-order valence-corrected chi connectivity index (χ4v) is 5.42. The minimum Gasteiger partial charge on any atom is -0.397 e. The molecule has 0 radical (unpaired) electrons. The van der Waals surface area contributed by atoms with E-state index in [1.165, 1.54) is 6.42 Å². The molecule has 1 atom stereocenters. The van der Waals surface area contributed by atoms with Gasteiger partial charge >= 0.3 is 0 Å². The maximum Gasteiger partial charge on any atom is 0.227 e. The molecule has 5 N–H and O–H groups in total. The monoisotopic (exact) mass is 544 g/mol. The van der Waals surface area contributed by atoms with Crippen LogP contribution in [-0.2, 0) is 4.79 Å². The second-order valence-corrected chi connectivity index (χ2v) is 10.7. The van der Waals surface area contributed by atoms with Gasteiger partial charge in [0.1, 0.15) is 16.9 Å². The highest BCUT2D eigenvalue weighted by Gasteiger charge is 2.22. The topological polar surface area (TPSA) is 146 Å². The quantitative estimate of drug-likeness (QED) is 0.233. The third-order valence-corrected chi connectivity index (χ3v) is 7.63. The van der Waals surface area contributed by atoms with E-state index in [0.717, 1.165) is 48.0 Å². The Morgan fingerprint density at radius 2 is 1.85 bits per heavy atom. The van der Waals surface area contributed by atoms with Gasteiger partial charge in [0.15, 0.2) is 5.82 Å². The van der Waals surface area contributed by atoms with Gasteiger partial charge in [0.05, 0.1) is 22.6 Å². The van der Waals surface area contributed by atoms with Gasteiger partial charge in [0, 0.05) is 35.8 Å². The number of aromatic nitrogens is 5. The van der Waals surface area contributed by atoms with Crippen LogP contribution in [0.3, 0.4) is 0 Å². The fourth-order valence-electron chi connectivity index (χ4n) is 5.42. The van der Waals surface area contributed by atoms with Crippen LogP contribution in [0.5, 0.6) is 0 Å². The normalized spacial score (nSPS) is 17.5. The molecule has 0 saturated heterocycles. The average Bonchev–Trinajstić information content (AvgIpc) is 3.36. The van der Waals surface area contributed by atoms with E-state index < -0.39 is 0 Å². The number of hydrogen-bond acceptors (Lipinski definition) is 7. The summed E-state index contributed by atoms with van der Waals surface area (Å²) >= 11 is 0. The number of nitrogen functional groups attached to an aromatic ring is 1. The molecule has 1 fully saturated rings. The van der Waals surface area contributed by atoms with Crippen molar-refractivity contribution in [2.24, 2.45) is 11.8 Å². The summed E-state index contributed by atoms with van der Waals surface area (Å²) in [6.07, 6.45) is 18.5. The lowest BCUT2D eigenvalue weighted by Crippen LogP contribution is -2.31. The van der Waals surface area contributed by atoms with E-state index in [0.29, 0.717) is 34.1 Å². The summed E-state index contributed by atoms with van der Waals surface area (Å²) in [6, 6.07) is 9.18. The third kappa shape index (κ3) is 5.56. The third-order valence-electron chi connectivity index (χ3n) is 7.63. The molecule has 4 aromatic rings. The molecule has 0 aromatic carbocycles. The van der Waals surface area contributed by atoms with Crippen molar-refractivity contribution in [2.75, 3.05) is 5.73 Å². The van der Waals surface area contributed by atoms with Gasteiger partial charge in [-0.25, -0.2) is 9.97 Å². The zero-order chi connectivity index (χ0) is 28.3. The average molecular weight is 545 g/mol. The Bertz CT molecular complexity index is 1710. The number of aromatic amines is 1. The van der Waals surface area contributed by atoms with Crippen molar-refractivity contribution in [3.05, 3.63) is 96.1 Å². The summed E-state index contributed by atoms with van der Waals surface area (Å²) < 4.78 is 0. The van der Waals surface area contributed by atoms with E-state index in [-0.39, 0.29) is 23.5 Å². The first-order valence-electron chi connectivity index (χ1n) is 14.0. The molecule has 1 amide bonds. The Morgan fingerprint density at radius 3 is 2.66 bits per heavy atom. The SMILES string of the molecule is C[C@H]1C=CC(NC(=O)C2CCCCC2)=CC(c2ccc(N)c(C(=N)c3nc4c(-c5ccncc5)nccc4[nH]3)n2)=C1. The van der Waals surface area contributed by atoms with E-state index in [9.17, 15) is 4.79 Å². The number of rotatable bonds is 6. The van der Waals surface area contributed by atoms with Gasteiger partial charge in [-0.05, 0) is 66.8 Å². The Hall–Kier alpha value is -4.92. The number of allylic oxidation sites excluding steroid dienone is 5. The summed E-state index contributed by atoms with van der Waals surface area (Å²) in [7, 11) is 0. The van der Waals surface area contributed by atoms with E-state index in [4.69, 9.17) is 21.1 Å². The molecule has 2 aliphatic carbocycles. The number of carbonyl (C=O) groups is 1. The predicted molar refractivity (Wildman–Crippen MR) is 161 cm³/mol. The zero-order valence-electron chi connectivity index (χ0n) is 22.9. The van der Waals surface area contributed by atoms with Gasteiger partial charge in [0.25, 0.3) is 0 Å². The van der Waals surface area contributed by atoms with E-state index >= 15 is 0 Å². The lowest BCUT2D eigenvalue weighted by Gasteiger charge is -2.21. The summed E-state index contributed by atoms with van der Waals surface area (Å²) in [5.74, 6) is 0.612. The lowest BCUT2D eigenvalue weighted by atomic mass is 9.88. The molecule has 0 unspecified atom stereocenters. The Balaban J connectivity index is 1.31. The fraction of sp³-hybridized carbons (Fsp3) is 0.250. The van der Waals surface area contributed by atoms with Gasteiger partial charge in [-0.2, -0.15) is 0 Å².